The first kappa shape index (κ1) is 11.6. The zero-order valence-electron chi connectivity index (χ0n) is 9.27. The third kappa shape index (κ3) is 1.82. The quantitative estimate of drug-likeness (QED) is 0.519. The van der Waals surface area contributed by atoms with Crippen molar-refractivity contribution in [3.63, 3.8) is 0 Å². The summed E-state index contributed by atoms with van der Waals surface area (Å²) in [5, 5.41) is 0. The van der Waals surface area contributed by atoms with Crippen molar-refractivity contribution in [2.45, 2.75) is 33.0 Å². The lowest BCUT2D eigenvalue weighted by Gasteiger charge is -2.21. The average molecular weight is 212 g/mol. The number of amides is 3. The Morgan fingerprint density at radius 1 is 1.60 bits per heavy atom. The lowest BCUT2D eigenvalue weighted by atomic mass is 10.3. The molecule has 0 aromatic carbocycles. The Bertz CT molecular complexity index is 290. The second-order valence-electron chi connectivity index (χ2n) is 3.35. The largest absolute Gasteiger partial charge is 0.478 e. The van der Waals surface area contributed by atoms with E-state index in [1.165, 1.54) is 11.2 Å². The monoisotopic (exact) mass is 212 g/mol. The van der Waals surface area contributed by atoms with Crippen LogP contribution in [0.1, 0.15) is 20.8 Å². The number of ether oxygens (including phenoxy) is 1. The topological polar surface area (TPSA) is 49.9 Å². The maximum Gasteiger partial charge on any atom is 0.330 e. The van der Waals surface area contributed by atoms with E-state index in [1.54, 1.807) is 13.8 Å². The maximum absolute atomic E-state index is 11.8. The van der Waals surface area contributed by atoms with Crippen LogP contribution in [0.15, 0.2) is 12.8 Å². The molecule has 2 unspecified atom stereocenters. The van der Waals surface area contributed by atoms with Gasteiger partial charge in [-0.1, -0.05) is 6.58 Å². The summed E-state index contributed by atoms with van der Waals surface area (Å²) in [4.78, 5) is 26.2. The molecule has 3 amide bonds. The zero-order valence-corrected chi connectivity index (χ0v) is 9.27. The molecular weight excluding hydrogens is 196 g/mol. The summed E-state index contributed by atoms with van der Waals surface area (Å²) in [6, 6.07) is -0.706. The van der Waals surface area contributed by atoms with E-state index >= 15 is 0 Å². The van der Waals surface area contributed by atoms with Crippen LogP contribution < -0.4 is 0 Å². The highest BCUT2D eigenvalue weighted by Gasteiger charge is 2.44. The highest BCUT2D eigenvalue weighted by Crippen LogP contribution is 2.19. The van der Waals surface area contributed by atoms with Gasteiger partial charge in [0, 0.05) is 6.54 Å². The summed E-state index contributed by atoms with van der Waals surface area (Å²) in [5.74, 6) is -0.226. The van der Waals surface area contributed by atoms with Crippen LogP contribution in [0, 0.1) is 0 Å². The van der Waals surface area contributed by atoms with Crippen LogP contribution >= 0.6 is 0 Å². The van der Waals surface area contributed by atoms with Crippen molar-refractivity contribution >= 4 is 11.9 Å². The summed E-state index contributed by atoms with van der Waals surface area (Å²) in [5.41, 5.74) is 0. The molecule has 84 valence electrons. The predicted molar refractivity (Wildman–Crippen MR) is 54.8 cm³/mol. The second kappa shape index (κ2) is 4.33. The molecule has 0 radical (unpaired) electrons. The van der Waals surface area contributed by atoms with Crippen LogP contribution in [0.3, 0.4) is 0 Å². The number of hydrogen-bond donors (Lipinski definition) is 0. The number of carbonyl (C=O) groups is 2. The number of hydrogen-bond acceptors (Lipinski definition) is 3. The SMILES string of the molecule is C=COC(C)N1C(=O)C(C)N(CC)C1=O. The molecule has 0 aliphatic carbocycles. The smallest absolute Gasteiger partial charge is 0.330 e. The van der Waals surface area contributed by atoms with E-state index in [-0.39, 0.29) is 11.9 Å². The predicted octanol–water partition coefficient (Wildman–Crippen LogP) is 1.17. The van der Waals surface area contributed by atoms with E-state index in [4.69, 9.17) is 4.74 Å². The van der Waals surface area contributed by atoms with Crippen LogP contribution in [-0.2, 0) is 9.53 Å². The molecule has 0 bridgehead atoms. The van der Waals surface area contributed by atoms with Crippen molar-refractivity contribution in [3.05, 3.63) is 12.8 Å². The van der Waals surface area contributed by atoms with Crippen molar-refractivity contribution in [2.24, 2.45) is 0 Å². The highest BCUT2D eigenvalue weighted by atomic mass is 16.5. The van der Waals surface area contributed by atoms with Gasteiger partial charge in [0.15, 0.2) is 6.23 Å². The van der Waals surface area contributed by atoms with Gasteiger partial charge in [0.2, 0.25) is 0 Å². The molecule has 1 heterocycles. The minimum absolute atomic E-state index is 0.226. The Balaban J connectivity index is 2.86. The Hall–Kier alpha value is -1.52. The van der Waals surface area contributed by atoms with Gasteiger partial charge in [0.05, 0.1) is 6.26 Å². The lowest BCUT2D eigenvalue weighted by Crippen LogP contribution is -2.40. The van der Waals surface area contributed by atoms with Crippen molar-refractivity contribution in [1.29, 1.82) is 0 Å². The summed E-state index contributed by atoms with van der Waals surface area (Å²) >= 11 is 0. The Labute approximate surface area is 89.3 Å². The molecule has 5 nitrogen and oxygen atoms in total. The molecule has 1 saturated heterocycles. The van der Waals surface area contributed by atoms with Gasteiger partial charge in [0.25, 0.3) is 5.91 Å². The van der Waals surface area contributed by atoms with Crippen molar-refractivity contribution in [2.75, 3.05) is 6.54 Å². The number of imide groups is 1. The fourth-order valence-electron chi connectivity index (χ4n) is 1.68. The fourth-order valence-corrected chi connectivity index (χ4v) is 1.68. The molecule has 15 heavy (non-hydrogen) atoms. The van der Waals surface area contributed by atoms with Gasteiger partial charge in [-0.25, -0.2) is 9.69 Å². The van der Waals surface area contributed by atoms with E-state index in [9.17, 15) is 9.59 Å². The molecule has 1 rings (SSSR count). The van der Waals surface area contributed by atoms with Crippen LogP contribution in [0.5, 0.6) is 0 Å². The van der Waals surface area contributed by atoms with E-state index < -0.39 is 12.3 Å². The number of rotatable bonds is 4. The molecule has 1 aliphatic heterocycles. The molecule has 0 aromatic heterocycles. The Kier molecular flexibility index (Phi) is 3.34. The van der Waals surface area contributed by atoms with Gasteiger partial charge in [0.1, 0.15) is 6.04 Å². The molecule has 0 N–H and O–H groups in total. The van der Waals surface area contributed by atoms with Crippen molar-refractivity contribution < 1.29 is 14.3 Å². The minimum Gasteiger partial charge on any atom is -0.478 e. The van der Waals surface area contributed by atoms with Gasteiger partial charge >= 0.3 is 6.03 Å². The normalized spacial score (nSPS) is 23.3. The highest BCUT2D eigenvalue weighted by molar-refractivity contribution is 6.04. The molecule has 0 saturated carbocycles. The zero-order chi connectivity index (χ0) is 11.6. The first-order valence-electron chi connectivity index (χ1n) is 4.94. The first-order chi connectivity index (χ1) is 7.04. The van der Waals surface area contributed by atoms with Gasteiger partial charge in [-0.15, -0.1) is 0 Å². The number of nitrogens with zero attached hydrogens (tertiary/aromatic N) is 2. The summed E-state index contributed by atoms with van der Waals surface area (Å²) < 4.78 is 5.03. The van der Waals surface area contributed by atoms with E-state index in [0.29, 0.717) is 6.54 Å². The Morgan fingerprint density at radius 2 is 2.20 bits per heavy atom. The number of likely N-dealkylation sites (N-methyl/N-ethyl adjacent to an activating group) is 1. The van der Waals surface area contributed by atoms with Crippen molar-refractivity contribution in [1.82, 2.24) is 9.80 Å². The molecule has 1 aliphatic rings. The number of urea groups is 1. The van der Waals surface area contributed by atoms with E-state index in [2.05, 4.69) is 6.58 Å². The summed E-state index contributed by atoms with van der Waals surface area (Å²) in [6.07, 6.45) is 0.631. The molecule has 0 spiro atoms. The van der Waals surface area contributed by atoms with Crippen LogP contribution in [0.4, 0.5) is 4.79 Å². The fraction of sp³-hybridized carbons (Fsp3) is 0.600. The third-order valence-electron chi connectivity index (χ3n) is 2.51. The Morgan fingerprint density at radius 3 is 2.60 bits per heavy atom. The number of carbonyl (C=O) groups excluding carboxylic acids is 2. The van der Waals surface area contributed by atoms with Gasteiger partial charge in [-0.2, -0.15) is 0 Å². The van der Waals surface area contributed by atoms with E-state index in [0.717, 1.165) is 4.90 Å². The third-order valence-corrected chi connectivity index (χ3v) is 2.51. The molecule has 0 aromatic rings. The molecular formula is C10H16N2O3. The van der Waals surface area contributed by atoms with Gasteiger partial charge in [-0.05, 0) is 20.8 Å². The van der Waals surface area contributed by atoms with Gasteiger partial charge in [-0.3, -0.25) is 4.79 Å². The average Bonchev–Trinajstić information content (AvgIpc) is 2.39. The van der Waals surface area contributed by atoms with Crippen LogP contribution in [-0.4, -0.2) is 40.6 Å². The van der Waals surface area contributed by atoms with Gasteiger partial charge < -0.3 is 9.64 Å². The second-order valence-corrected chi connectivity index (χ2v) is 3.35. The summed E-state index contributed by atoms with van der Waals surface area (Å²) in [6.45, 7) is 9.10. The molecule has 2 atom stereocenters. The van der Waals surface area contributed by atoms with Crippen LogP contribution in [0.2, 0.25) is 0 Å². The lowest BCUT2D eigenvalue weighted by molar-refractivity contribution is -0.133. The van der Waals surface area contributed by atoms with Crippen molar-refractivity contribution in [3.8, 4) is 0 Å². The van der Waals surface area contributed by atoms with Crippen LogP contribution in [0.25, 0.3) is 0 Å². The first-order valence-corrected chi connectivity index (χ1v) is 4.94. The molecule has 1 fully saturated rings. The maximum atomic E-state index is 11.8. The van der Waals surface area contributed by atoms with E-state index in [1.807, 2.05) is 6.92 Å². The summed E-state index contributed by atoms with van der Waals surface area (Å²) in [7, 11) is 0. The minimum atomic E-state index is -0.596. The standard InChI is InChI=1S/C10H16N2O3/c1-5-11-7(3)9(13)12(10(11)14)8(4)15-6-2/h6-8H,2,5H2,1,3-4H3. The molecule has 5 heteroatoms.